The lowest BCUT2D eigenvalue weighted by atomic mass is 9.97. The minimum atomic E-state index is -1.79. The van der Waals surface area contributed by atoms with Gasteiger partial charge in [-0.25, -0.2) is 0 Å². The number of rotatable bonds is 34. The van der Waals surface area contributed by atoms with Crippen molar-refractivity contribution in [1.82, 2.24) is 5.32 Å². The smallest absolute Gasteiger partial charge is 0.220 e. The third kappa shape index (κ3) is 22.4. The summed E-state index contributed by atoms with van der Waals surface area (Å²) in [5.41, 5.74) is 0. The van der Waals surface area contributed by atoms with Crippen LogP contribution in [0.5, 0.6) is 0 Å². The van der Waals surface area contributed by atoms with E-state index in [1.165, 1.54) is 57.8 Å². The van der Waals surface area contributed by atoms with E-state index in [0.717, 1.165) is 57.8 Å². The quantitative estimate of drug-likeness (QED) is 0.0309. The highest BCUT2D eigenvalue weighted by molar-refractivity contribution is 5.76. The summed E-state index contributed by atoms with van der Waals surface area (Å²) in [7, 11) is 0. The highest BCUT2D eigenvalue weighted by Crippen LogP contribution is 2.30. The second-order valence-corrected chi connectivity index (χ2v) is 16.5. The Bertz CT molecular complexity index is 1210. The number of carbonyl (C=O) groups is 1. The van der Waals surface area contributed by atoms with Crippen LogP contribution in [0.3, 0.4) is 0 Å². The van der Waals surface area contributed by atoms with Crippen LogP contribution in [0.4, 0.5) is 0 Å². The summed E-state index contributed by atoms with van der Waals surface area (Å²) in [4.78, 5) is 13.1. The van der Waals surface area contributed by atoms with Gasteiger partial charge in [0, 0.05) is 6.42 Å². The van der Waals surface area contributed by atoms with Crippen molar-refractivity contribution in [2.45, 2.75) is 222 Å². The van der Waals surface area contributed by atoms with Crippen molar-refractivity contribution in [2.75, 3.05) is 19.8 Å². The van der Waals surface area contributed by atoms with Crippen LogP contribution in [0, 0.1) is 0 Å². The summed E-state index contributed by atoms with van der Waals surface area (Å²) in [6.45, 7) is 2.68. The Morgan fingerprint density at radius 3 is 1.74 bits per heavy atom. The predicted molar refractivity (Wildman–Crippen MR) is 235 cm³/mol. The molecule has 2 fully saturated rings. The van der Waals surface area contributed by atoms with Crippen LogP contribution >= 0.6 is 0 Å². The number of amides is 1. The maximum absolute atomic E-state index is 13.1. The van der Waals surface area contributed by atoms with Gasteiger partial charge in [0.15, 0.2) is 12.6 Å². The minimum Gasteiger partial charge on any atom is -0.394 e. The van der Waals surface area contributed by atoms with E-state index in [2.05, 4.69) is 55.6 Å². The summed E-state index contributed by atoms with van der Waals surface area (Å²) in [6, 6.07) is -0.936. The Hall–Kier alpha value is -2.05. The number of hydrogen-bond acceptors (Lipinski definition) is 13. The third-order valence-electron chi connectivity index (χ3n) is 11.2. The second-order valence-electron chi connectivity index (χ2n) is 16.5. The molecule has 0 saturated carbocycles. The molecule has 12 atom stereocenters. The van der Waals surface area contributed by atoms with Gasteiger partial charge >= 0.3 is 0 Å². The zero-order chi connectivity index (χ0) is 44.7. The lowest BCUT2D eigenvalue weighted by Crippen LogP contribution is -2.65. The van der Waals surface area contributed by atoms with Gasteiger partial charge in [-0.2, -0.15) is 0 Å². The highest BCUT2D eigenvalue weighted by atomic mass is 16.7. The molecule has 0 aromatic carbocycles. The number of allylic oxidation sites excluding steroid dienone is 7. The molecule has 0 radical (unpaired) electrons. The molecule has 2 saturated heterocycles. The molecule has 2 aliphatic rings. The standard InChI is InChI=1S/C47H83NO13/c1-3-5-7-9-11-13-15-17-18-19-21-23-25-27-29-31-39(52)48-35(36(51)30-28-26-24-22-20-16-14-12-10-8-6-4-2)34-58-46-44(57)42(55)45(38(33-50)60-46)61-47-43(56)41(54)40(53)37(32-49)59-47/h11,13,17-18,20,22,28,30,35-38,40-47,49-51,53-57H,3-10,12,14-16,19,21,23-27,29,31-34H2,1-2H3,(H,48,52)/b13-11-,18-17-,22-20+,30-28+. The summed E-state index contributed by atoms with van der Waals surface area (Å²) in [6.07, 6.45) is 21.6. The first-order chi connectivity index (χ1) is 29.6. The Balaban J connectivity index is 1.91. The largest absolute Gasteiger partial charge is 0.394 e. The van der Waals surface area contributed by atoms with Crippen LogP contribution in [0.2, 0.25) is 0 Å². The average Bonchev–Trinajstić information content (AvgIpc) is 3.26. The predicted octanol–water partition coefficient (Wildman–Crippen LogP) is 4.93. The van der Waals surface area contributed by atoms with Crippen molar-refractivity contribution < 1.29 is 64.6 Å². The summed E-state index contributed by atoms with van der Waals surface area (Å²) in [5.74, 6) is -0.268. The summed E-state index contributed by atoms with van der Waals surface area (Å²) in [5, 5.41) is 86.4. The van der Waals surface area contributed by atoms with E-state index in [1.54, 1.807) is 6.08 Å². The van der Waals surface area contributed by atoms with E-state index in [9.17, 15) is 45.6 Å². The Labute approximate surface area is 365 Å². The van der Waals surface area contributed by atoms with Gasteiger partial charge in [0.05, 0.1) is 32.0 Å². The van der Waals surface area contributed by atoms with Crippen molar-refractivity contribution in [3.63, 3.8) is 0 Å². The van der Waals surface area contributed by atoms with Gasteiger partial charge in [0.2, 0.25) is 5.91 Å². The molecule has 14 nitrogen and oxygen atoms in total. The van der Waals surface area contributed by atoms with Gasteiger partial charge in [-0.15, -0.1) is 0 Å². The van der Waals surface area contributed by atoms with Crippen molar-refractivity contribution in [3.05, 3.63) is 48.6 Å². The molecule has 1 amide bonds. The fourth-order valence-corrected chi connectivity index (χ4v) is 7.33. The van der Waals surface area contributed by atoms with Crippen LogP contribution in [0.15, 0.2) is 48.6 Å². The third-order valence-corrected chi connectivity index (χ3v) is 11.2. The monoisotopic (exact) mass is 870 g/mol. The number of hydrogen-bond donors (Lipinski definition) is 9. The molecule has 61 heavy (non-hydrogen) atoms. The fourth-order valence-electron chi connectivity index (χ4n) is 7.33. The zero-order valence-electron chi connectivity index (χ0n) is 37.1. The molecule has 2 aliphatic heterocycles. The topological polar surface area (TPSA) is 228 Å². The van der Waals surface area contributed by atoms with Gasteiger partial charge in [-0.3, -0.25) is 4.79 Å². The number of ether oxygens (including phenoxy) is 4. The normalized spacial score (nSPS) is 28.4. The molecule has 2 heterocycles. The molecular weight excluding hydrogens is 787 g/mol. The van der Waals surface area contributed by atoms with Crippen LogP contribution < -0.4 is 5.32 Å². The van der Waals surface area contributed by atoms with Gasteiger partial charge in [-0.1, -0.05) is 127 Å². The van der Waals surface area contributed by atoms with Gasteiger partial charge in [0.25, 0.3) is 0 Å². The highest BCUT2D eigenvalue weighted by Gasteiger charge is 2.50. The molecule has 0 aromatic rings. The fraction of sp³-hybridized carbons (Fsp3) is 0.809. The van der Waals surface area contributed by atoms with Gasteiger partial charge in [0.1, 0.15) is 48.8 Å². The molecule has 0 bridgehead atoms. The van der Waals surface area contributed by atoms with E-state index in [1.807, 2.05) is 6.08 Å². The maximum Gasteiger partial charge on any atom is 0.220 e. The van der Waals surface area contributed by atoms with E-state index in [0.29, 0.717) is 12.8 Å². The second kappa shape index (κ2) is 34.4. The summed E-state index contributed by atoms with van der Waals surface area (Å²) < 4.78 is 22.6. The zero-order valence-corrected chi connectivity index (χ0v) is 37.1. The first-order valence-electron chi connectivity index (χ1n) is 23.4. The SMILES string of the molecule is CCCCC/C=C\C/C=C\CCCCCCCC(=O)NC(COC1OC(CO)C(OC2OC(CO)C(O)C(O)C2O)C(O)C1O)C(O)/C=C/CC/C=C/CCCCCCCC. The van der Waals surface area contributed by atoms with Gasteiger partial charge in [-0.05, 0) is 64.2 Å². The molecular formula is C47H83NO13. The van der Waals surface area contributed by atoms with E-state index in [4.69, 9.17) is 18.9 Å². The first kappa shape index (κ1) is 55.1. The van der Waals surface area contributed by atoms with Crippen molar-refractivity contribution in [2.24, 2.45) is 0 Å². The first-order valence-corrected chi connectivity index (χ1v) is 23.4. The van der Waals surface area contributed by atoms with Crippen molar-refractivity contribution in [3.8, 4) is 0 Å². The Morgan fingerprint density at radius 1 is 0.590 bits per heavy atom. The minimum absolute atomic E-state index is 0.256. The average molecular weight is 870 g/mol. The molecule has 0 aromatic heterocycles. The van der Waals surface area contributed by atoms with Crippen LogP contribution in [-0.2, 0) is 23.7 Å². The van der Waals surface area contributed by atoms with Crippen LogP contribution in [0.1, 0.15) is 149 Å². The number of carbonyl (C=O) groups excluding carboxylic acids is 1. The Morgan fingerprint density at radius 2 is 1.10 bits per heavy atom. The van der Waals surface area contributed by atoms with Crippen LogP contribution in [-0.4, -0.2) is 140 Å². The lowest BCUT2D eigenvalue weighted by Gasteiger charge is -2.46. The molecule has 12 unspecified atom stereocenters. The molecule has 2 rings (SSSR count). The number of unbranched alkanes of at least 4 members (excludes halogenated alkanes) is 15. The van der Waals surface area contributed by atoms with Crippen molar-refractivity contribution >= 4 is 5.91 Å². The van der Waals surface area contributed by atoms with Crippen molar-refractivity contribution in [1.29, 1.82) is 0 Å². The van der Waals surface area contributed by atoms with E-state index in [-0.39, 0.29) is 18.9 Å². The number of aliphatic hydroxyl groups excluding tert-OH is 8. The van der Waals surface area contributed by atoms with E-state index < -0.39 is 86.8 Å². The van der Waals surface area contributed by atoms with E-state index >= 15 is 0 Å². The molecule has 14 heteroatoms. The number of nitrogens with one attached hydrogen (secondary N) is 1. The Kier molecular flexibility index (Phi) is 31.0. The summed E-state index contributed by atoms with van der Waals surface area (Å²) >= 11 is 0. The molecule has 0 spiro atoms. The molecule has 9 N–H and O–H groups in total. The number of aliphatic hydroxyl groups is 8. The molecule has 0 aliphatic carbocycles. The van der Waals surface area contributed by atoms with Gasteiger partial charge < -0.3 is 65.1 Å². The molecule has 354 valence electrons. The lowest BCUT2D eigenvalue weighted by molar-refractivity contribution is -0.359. The van der Waals surface area contributed by atoms with Crippen LogP contribution in [0.25, 0.3) is 0 Å². The maximum atomic E-state index is 13.1.